The summed E-state index contributed by atoms with van der Waals surface area (Å²) in [5.74, 6) is -1.83. The van der Waals surface area contributed by atoms with Gasteiger partial charge in [-0.25, -0.2) is 0 Å². The Labute approximate surface area is 137 Å². The zero-order valence-electron chi connectivity index (χ0n) is 12.1. The number of hydrogen-bond donors (Lipinski definition) is 1. The predicted molar refractivity (Wildman–Crippen MR) is 84.2 cm³/mol. The standard InChI is InChI=1S/C15H17BrClNO3/c1-15(2,3)18-12(19)7-9(14(20)21)13(18)8-4-5-11(17)10(16)6-8/h4-6,9,13H,7H2,1-3H3,(H,20,21). The molecule has 1 amide bonds. The highest BCUT2D eigenvalue weighted by molar-refractivity contribution is 9.10. The Morgan fingerprint density at radius 3 is 2.52 bits per heavy atom. The SMILES string of the molecule is CC(C)(C)N1C(=O)CC(C(=O)O)C1c1ccc(Cl)c(Br)c1. The van der Waals surface area contributed by atoms with Gasteiger partial charge in [0.2, 0.25) is 5.91 Å². The zero-order valence-corrected chi connectivity index (χ0v) is 14.4. The second-order valence-electron chi connectivity index (χ2n) is 6.20. The van der Waals surface area contributed by atoms with E-state index in [2.05, 4.69) is 15.9 Å². The average Bonchev–Trinajstić information content (AvgIpc) is 2.70. The monoisotopic (exact) mass is 373 g/mol. The molecule has 0 bridgehead atoms. The number of carbonyl (C=O) groups is 2. The third-order valence-corrected chi connectivity index (χ3v) is 4.86. The molecule has 1 N–H and O–H groups in total. The maximum Gasteiger partial charge on any atom is 0.309 e. The van der Waals surface area contributed by atoms with E-state index in [-0.39, 0.29) is 12.3 Å². The van der Waals surface area contributed by atoms with Crippen LogP contribution in [0.2, 0.25) is 5.02 Å². The van der Waals surface area contributed by atoms with Crippen molar-refractivity contribution in [3.8, 4) is 0 Å². The van der Waals surface area contributed by atoms with Gasteiger partial charge in [0.25, 0.3) is 0 Å². The smallest absolute Gasteiger partial charge is 0.309 e. The van der Waals surface area contributed by atoms with E-state index in [4.69, 9.17) is 11.6 Å². The molecule has 1 aliphatic rings. The number of carboxylic acids is 1. The molecular formula is C15H17BrClNO3. The van der Waals surface area contributed by atoms with Crippen LogP contribution in [-0.4, -0.2) is 27.4 Å². The number of halogens is 2. The number of carbonyl (C=O) groups excluding carboxylic acids is 1. The van der Waals surface area contributed by atoms with Crippen LogP contribution in [0, 0.1) is 5.92 Å². The molecule has 4 nitrogen and oxygen atoms in total. The van der Waals surface area contributed by atoms with Gasteiger partial charge in [-0.2, -0.15) is 0 Å². The van der Waals surface area contributed by atoms with Crippen LogP contribution in [0.4, 0.5) is 0 Å². The largest absolute Gasteiger partial charge is 0.481 e. The summed E-state index contributed by atoms with van der Waals surface area (Å²) < 4.78 is 0.694. The third-order valence-electron chi connectivity index (χ3n) is 3.65. The van der Waals surface area contributed by atoms with Crippen molar-refractivity contribution in [3.05, 3.63) is 33.3 Å². The van der Waals surface area contributed by atoms with E-state index in [1.807, 2.05) is 20.8 Å². The van der Waals surface area contributed by atoms with Gasteiger partial charge in [0, 0.05) is 16.4 Å². The van der Waals surface area contributed by atoms with Crippen molar-refractivity contribution in [1.29, 1.82) is 0 Å². The van der Waals surface area contributed by atoms with Crippen molar-refractivity contribution in [2.45, 2.75) is 38.8 Å². The highest BCUT2D eigenvalue weighted by Gasteiger charge is 2.48. The first kappa shape index (κ1) is 16.3. The van der Waals surface area contributed by atoms with Crippen LogP contribution >= 0.6 is 27.5 Å². The highest BCUT2D eigenvalue weighted by atomic mass is 79.9. The Morgan fingerprint density at radius 1 is 1.43 bits per heavy atom. The molecule has 0 radical (unpaired) electrons. The van der Waals surface area contributed by atoms with Crippen molar-refractivity contribution in [3.63, 3.8) is 0 Å². The molecule has 0 spiro atoms. The quantitative estimate of drug-likeness (QED) is 0.855. The number of likely N-dealkylation sites (tertiary alicyclic amines) is 1. The Balaban J connectivity index is 2.54. The van der Waals surface area contributed by atoms with Gasteiger partial charge in [0.15, 0.2) is 0 Å². The summed E-state index contributed by atoms with van der Waals surface area (Å²) in [5, 5.41) is 10.0. The van der Waals surface area contributed by atoms with Crippen molar-refractivity contribution < 1.29 is 14.7 Å². The van der Waals surface area contributed by atoms with Crippen molar-refractivity contribution in [2.24, 2.45) is 5.92 Å². The van der Waals surface area contributed by atoms with Gasteiger partial charge < -0.3 is 10.0 Å². The number of amides is 1. The molecule has 2 rings (SSSR count). The summed E-state index contributed by atoms with van der Waals surface area (Å²) >= 11 is 9.35. The molecule has 1 aliphatic heterocycles. The number of nitrogens with zero attached hydrogens (tertiary/aromatic N) is 1. The van der Waals surface area contributed by atoms with Gasteiger partial charge in [-0.1, -0.05) is 17.7 Å². The third kappa shape index (κ3) is 3.09. The Morgan fingerprint density at radius 2 is 2.05 bits per heavy atom. The number of hydrogen-bond acceptors (Lipinski definition) is 2. The summed E-state index contributed by atoms with van der Waals surface area (Å²) in [4.78, 5) is 25.5. The fourth-order valence-electron chi connectivity index (χ4n) is 2.82. The first-order valence-electron chi connectivity index (χ1n) is 6.63. The maximum atomic E-state index is 12.3. The van der Waals surface area contributed by atoms with Crippen LogP contribution in [-0.2, 0) is 9.59 Å². The lowest BCUT2D eigenvalue weighted by Gasteiger charge is -2.38. The Bertz CT molecular complexity index is 597. The molecule has 2 atom stereocenters. The molecule has 114 valence electrons. The molecule has 0 aliphatic carbocycles. The van der Waals surface area contributed by atoms with E-state index >= 15 is 0 Å². The number of carboxylic acid groups (broad SMARTS) is 1. The minimum atomic E-state index is -0.953. The van der Waals surface area contributed by atoms with Crippen LogP contribution < -0.4 is 0 Å². The molecule has 6 heteroatoms. The lowest BCUT2D eigenvalue weighted by atomic mass is 9.92. The van der Waals surface area contributed by atoms with Crippen LogP contribution in [0.15, 0.2) is 22.7 Å². The van der Waals surface area contributed by atoms with Crippen LogP contribution in [0.5, 0.6) is 0 Å². The topological polar surface area (TPSA) is 57.6 Å². The lowest BCUT2D eigenvalue weighted by molar-refractivity contribution is -0.142. The molecule has 2 unspecified atom stereocenters. The highest BCUT2D eigenvalue weighted by Crippen LogP contribution is 2.43. The van der Waals surface area contributed by atoms with E-state index in [0.29, 0.717) is 9.50 Å². The summed E-state index contributed by atoms with van der Waals surface area (Å²) in [7, 11) is 0. The number of benzene rings is 1. The molecular weight excluding hydrogens is 358 g/mol. The average molecular weight is 375 g/mol. The lowest BCUT2D eigenvalue weighted by Crippen LogP contribution is -2.44. The summed E-state index contributed by atoms with van der Waals surface area (Å²) in [6, 6.07) is 4.80. The second kappa shape index (κ2) is 5.61. The van der Waals surface area contributed by atoms with Crippen LogP contribution in [0.1, 0.15) is 38.8 Å². The fraction of sp³-hybridized carbons (Fsp3) is 0.467. The summed E-state index contributed by atoms with van der Waals surface area (Å²) in [6.07, 6.45) is 0.0253. The van der Waals surface area contributed by atoms with E-state index < -0.39 is 23.5 Å². The van der Waals surface area contributed by atoms with Crippen LogP contribution in [0.25, 0.3) is 0 Å². The van der Waals surface area contributed by atoms with Crippen molar-refractivity contribution in [1.82, 2.24) is 4.90 Å². The first-order chi connectivity index (χ1) is 9.62. The first-order valence-corrected chi connectivity index (χ1v) is 7.80. The van der Waals surface area contributed by atoms with Crippen molar-refractivity contribution in [2.75, 3.05) is 0 Å². The number of rotatable bonds is 2. The van der Waals surface area contributed by atoms with Gasteiger partial charge in [0.05, 0.1) is 17.0 Å². The molecule has 1 aromatic carbocycles. The number of aliphatic carboxylic acids is 1. The molecule has 21 heavy (non-hydrogen) atoms. The summed E-state index contributed by atoms with van der Waals surface area (Å²) in [5.41, 5.74) is 0.331. The second-order valence-corrected chi connectivity index (χ2v) is 7.46. The van der Waals surface area contributed by atoms with Gasteiger partial charge in [0.1, 0.15) is 0 Å². The van der Waals surface area contributed by atoms with E-state index in [0.717, 1.165) is 5.56 Å². The van der Waals surface area contributed by atoms with E-state index in [1.54, 1.807) is 23.1 Å². The minimum absolute atomic E-state index is 0.0253. The Hall–Kier alpha value is -1.07. The molecule has 1 aromatic rings. The van der Waals surface area contributed by atoms with E-state index in [1.165, 1.54) is 0 Å². The van der Waals surface area contributed by atoms with E-state index in [9.17, 15) is 14.7 Å². The van der Waals surface area contributed by atoms with Gasteiger partial charge in [-0.15, -0.1) is 0 Å². The maximum absolute atomic E-state index is 12.3. The fourth-order valence-corrected chi connectivity index (χ4v) is 3.34. The normalized spacial score (nSPS) is 22.7. The molecule has 1 heterocycles. The van der Waals surface area contributed by atoms with Gasteiger partial charge in [-0.05, 0) is 54.4 Å². The predicted octanol–water partition coefficient (Wildman–Crippen LogP) is 3.88. The Kier molecular flexibility index (Phi) is 4.36. The minimum Gasteiger partial charge on any atom is -0.481 e. The molecule has 0 saturated carbocycles. The zero-order chi connectivity index (χ0) is 15.9. The molecule has 1 saturated heterocycles. The van der Waals surface area contributed by atoms with Crippen molar-refractivity contribution >= 4 is 39.4 Å². The van der Waals surface area contributed by atoms with Gasteiger partial charge >= 0.3 is 5.97 Å². The molecule has 0 aromatic heterocycles. The van der Waals surface area contributed by atoms with Gasteiger partial charge in [-0.3, -0.25) is 9.59 Å². The summed E-state index contributed by atoms with van der Waals surface area (Å²) in [6.45, 7) is 5.73. The van der Waals surface area contributed by atoms with Crippen LogP contribution in [0.3, 0.4) is 0 Å². The molecule has 1 fully saturated rings.